The molecule has 0 fully saturated rings. The average Bonchev–Trinajstić information content (AvgIpc) is 3.28. The number of benzene rings is 1. The average molecular weight is 407 g/mol. The largest absolute Gasteiger partial charge is 0.444 e. The summed E-state index contributed by atoms with van der Waals surface area (Å²) < 4.78 is 9.01. The third-order valence-corrected chi connectivity index (χ3v) is 4.54. The van der Waals surface area contributed by atoms with Gasteiger partial charge in [0.15, 0.2) is 22.6 Å². The minimum atomic E-state index is -0.529. The number of aromatic nitrogens is 5. The highest BCUT2D eigenvalue weighted by Gasteiger charge is 2.17. The Labute approximate surface area is 174 Å². The summed E-state index contributed by atoms with van der Waals surface area (Å²) in [7, 11) is 3.75. The van der Waals surface area contributed by atoms with Crippen molar-refractivity contribution in [3.8, 4) is 11.3 Å². The Morgan fingerprint density at radius 1 is 1.23 bits per heavy atom. The number of carbonyl (C=O) groups excluding carboxylic acids is 1. The fourth-order valence-electron chi connectivity index (χ4n) is 3.26. The second-order valence-electron chi connectivity index (χ2n) is 8.09. The molecule has 0 bridgehead atoms. The molecule has 1 amide bonds. The predicted octanol–water partition coefficient (Wildman–Crippen LogP) is 3.35. The number of amides is 1. The molecule has 2 N–H and O–H groups in total. The van der Waals surface area contributed by atoms with Gasteiger partial charge in [0.2, 0.25) is 0 Å². The van der Waals surface area contributed by atoms with E-state index >= 15 is 0 Å². The standard InChI is InChI=1S/C21H25N7O2/c1-21(2,3)30-20(29)23-11-13-7-6-8-14(9-13)15-10-16-25-18(22-4)17-19(28(16)26-15)27(5)12-24-17/h6-10,12H,11H2,1-5H3,(H,22,25)(H,23,29). The molecule has 0 radical (unpaired) electrons. The monoisotopic (exact) mass is 407 g/mol. The number of carbonyl (C=O) groups is 1. The van der Waals surface area contributed by atoms with E-state index in [0.717, 1.165) is 33.6 Å². The highest BCUT2D eigenvalue weighted by Crippen LogP contribution is 2.25. The second kappa shape index (κ2) is 7.33. The second-order valence-corrected chi connectivity index (χ2v) is 8.09. The Kier molecular flexibility index (Phi) is 4.81. The van der Waals surface area contributed by atoms with Crippen molar-refractivity contribution in [1.82, 2.24) is 29.5 Å². The van der Waals surface area contributed by atoms with Gasteiger partial charge in [-0.2, -0.15) is 9.61 Å². The lowest BCUT2D eigenvalue weighted by atomic mass is 10.1. The molecule has 0 spiro atoms. The molecular formula is C21H25N7O2. The molecule has 0 aliphatic rings. The van der Waals surface area contributed by atoms with Crippen LogP contribution < -0.4 is 10.6 Å². The molecule has 30 heavy (non-hydrogen) atoms. The van der Waals surface area contributed by atoms with E-state index in [1.807, 2.05) is 69.8 Å². The van der Waals surface area contributed by atoms with E-state index in [2.05, 4.69) is 20.6 Å². The Hall–Kier alpha value is -3.62. The minimum Gasteiger partial charge on any atom is -0.444 e. The number of ether oxygens (including phenoxy) is 1. The summed E-state index contributed by atoms with van der Waals surface area (Å²) in [5.41, 5.74) is 4.49. The Bertz CT molecular complexity index is 1230. The lowest BCUT2D eigenvalue weighted by molar-refractivity contribution is 0.0523. The van der Waals surface area contributed by atoms with Gasteiger partial charge >= 0.3 is 6.09 Å². The van der Waals surface area contributed by atoms with Crippen molar-refractivity contribution < 1.29 is 9.53 Å². The Morgan fingerprint density at radius 2 is 2.03 bits per heavy atom. The summed E-state index contributed by atoms with van der Waals surface area (Å²) in [4.78, 5) is 21.0. The molecule has 4 rings (SSSR count). The van der Waals surface area contributed by atoms with Crippen LogP contribution in [0.4, 0.5) is 10.6 Å². The smallest absolute Gasteiger partial charge is 0.407 e. The van der Waals surface area contributed by atoms with Gasteiger partial charge in [-0.1, -0.05) is 18.2 Å². The first-order valence-corrected chi connectivity index (χ1v) is 9.70. The molecule has 4 aromatic rings. The van der Waals surface area contributed by atoms with Gasteiger partial charge in [-0.25, -0.2) is 14.8 Å². The topological polar surface area (TPSA) is 98.4 Å². The zero-order valence-corrected chi connectivity index (χ0v) is 17.7. The number of nitrogens with zero attached hydrogens (tertiary/aromatic N) is 5. The summed E-state index contributed by atoms with van der Waals surface area (Å²) in [6, 6.07) is 9.81. The van der Waals surface area contributed by atoms with Gasteiger partial charge < -0.3 is 19.9 Å². The number of fused-ring (bicyclic) bond motifs is 3. The zero-order valence-electron chi connectivity index (χ0n) is 17.7. The third-order valence-electron chi connectivity index (χ3n) is 4.54. The molecule has 1 aromatic carbocycles. The molecule has 3 heterocycles. The van der Waals surface area contributed by atoms with E-state index < -0.39 is 11.7 Å². The van der Waals surface area contributed by atoms with E-state index in [9.17, 15) is 4.79 Å². The van der Waals surface area contributed by atoms with Crippen molar-refractivity contribution in [3.05, 3.63) is 42.2 Å². The van der Waals surface area contributed by atoms with Crippen molar-refractivity contribution in [3.63, 3.8) is 0 Å². The molecule has 3 aromatic heterocycles. The van der Waals surface area contributed by atoms with Crippen LogP contribution in [0, 0.1) is 0 Å². The Balaban J connectivity index is 1.65. The first kappa shape index (κ1) is 19.7. The maximum Gasteiger partial charge on any atom is 0.407 e. The number of hydrogen-bond donors (Lipinski definition) is 2. The highest BCUT2D eigenvalue weighted by atomic mass is 16.6. The molecule has 9 heteroatoms. The number of nitrogens with one attached hydrogen (secondary N) is 2. The molecule has 9 nitrogen and oxygen atoms in total. The van der Waals surface area contributed by atoms with Crippen molar-refractivity contribution in [1.29, 1.82) is 0 Å². The fourth-order valence-corrected chi connectivity index (χ4v) is 3.26. The van der Waals surface area contributed by atoms with E-state index in [0.29, 0.717) is 12.4 Å². The summed E-state index contributed by atoms with van der Waals surface area (Å²) in [6.45, 7) is 5.88. The van der Waals surface area contributed by atoms with Crippen molar-refractivity contribution in [2.24, 2.45) is 7.05 Å². The van der Waals surface area contributed by atoms with E-state index in [1.54, 1.807) is 10.8 Å². The molecule has 0 aliphatic carbocycles. The molecule has 0 unspecified atom stereocenters. The van der Waals surface area contributed by atoms with Crippen LogP contribution in [0.3, 0.4) is 0 Å². The quantitative estimate of drug-likeness (QED) is 0.538. The van der Waals surface area contributed by atoms with Crippen LogP contribution in [0.1, 0.15) is 26.3 Å². The van der Waals surface area contributed by atoms with E-state index in [1.165, 1.54) is 0 Å². The van der Waals surface area contributed by atoms with Crippen LogP contribution in [-0.2, 0) is 18.3 Å². The first-order chi connectivity index (χ1) is 14.2. The van der Waals surface area contributed by atoms with Crippen LogP contribution in [0.5, 0.6) is 0 Å². The summed E-state index contributed by atoms with van der Waals surface area (Å²) >= 11 is 0. The fraction of sp³-hybridized carbons (Fsp3) is 0.333. The number of aryl methyl sites for hydroxylation is 1. The third kappa shape index (κ3) is 3.78. The van der Waals surface area contributed by atoms with Gasteiger partial charge in [0.25, 0.3) is 0 Å². The van der Waals surface area contributed by atoms with Gasteiger partial charge in [0.05, 0.1) is 12.0 Å². The molecular weight excluding hydrogens is 382 g/mol. The Morgan fingerprint density at radius 3 is 2.77 bits per heavy atom. The molecule has 156 valence electrons. The zero-order chi connectivity index (χ0) is 21.5. The lowest BCUT2D eigenvalue weighted by Crippen LogP contribution is -2.32. The van der Waals surface area contributed by atoms with Crippen LogP contribution in [-0.4, -0.2) is 42.9 Å². The number of alkyl carbamates (subject to hydrolysis) is 1. The molecule has 0 saturated carbocycles. The van der Waals surface area contributed by atoms with Gasteiger partial charge in [-0.05, 0) is 32.4 Å². The molecule has 0 saturated heterocycles. The maximum atomic E-state index is 11.9. The van der Waals surface area contributed by atoms with Crippen LogP contribution in [0.2, 0.25) is 0 Å². The minimum absolute atomic E-state index is 0.365. The van der Waals surface area contributed by atoms with Crippen LogP contribution >= 0.6 is 0 Å². The normalized spacial score (nSPS) is 11.8. The number of imidazole rings is 1. The molecule has 0 aliphatic heterocycles. The van der Waals surface area contributed by atoms with Crippen molar-refractivity contribution >= 4 is 28.7 Å². The summed E-state index contributed by atoms with van der Waals surface area (Å²) in [5.74, 6) is 0.708. The highest BCUT2D eigenvalue weighted by molar-refractivity contribution is 5.86. The van der Waals surface area contributed by atoms with Gasteiger partial charge in [0, 0.05) is 32.3 Å². The SMILES string of the molecule is CNc1nc2cc(-c3cccc(CNC(=O)OC(C)(C)C)c3)nn2c2c1ncn2C. The molecule has 0 atom stereocenters. The number of anilines is 1. The van der Waals surface area contributed by atoms with E-state index in [4.69, 9.17) is 9.84 Å². The van der Waals surface area contributed by atoms with Crippen LogP contribution in [0.15, 0.2) is 36.7 Å². The summed E-state index contributed by atoms with van der Waals surface area (Å²) in [5, 5.41) is 10.6. The van der Waals surface area contributed by atoms with Crippen LogP contribution in [0.25, 0.3) is 28.1 Å². The van der Waals surface area contributed by atoms with Gasteiger partial charge in [-0.15, -0.1) is 0 Å². The number of rotatable bonds is 4. The van der Waals surface area contributed by atoms with Gasteiger partial charge in [-0.3, -0.25) is 0 Å². The lowest BCUT2D eigenvalue weighted by Gasteiger charge is -2.19. The maximum absolute atomic E-state index is 11.9. The van der Waals surface area contributed by atoms with Crippen molar-refractivity contribution in [2.75, 3.05) is 12.4 Å². The van der Waals surface area contributed by atoms with Crippen molar-refractivity contribution in [2.45, 2.75) is 32.9 Å². The van der Waals surface area contributed by atoms with E-state index in [-0.39, 0.29) is 0 Å². The summed E-state index contributed by atoms with van der Waals surface area (Å²) in [6.07, 6.45) is 1.31. The first-order valence-electron chi connectivity index (χ1n) is 9.70. The van der Waals surface area contributed by atoms with Gasteiger partial charge in [0.1, 0.15) is 5.60 Å². The number of hydrogen-bond acceptors (Lipinski definition) is 6. The predicted molar refractivity (Wildman–Crippen MR) is 115 cm³/mol.